The highest BCUT2D eigenvalue weighted by atomic mass is 35.5. The minimum absolute atomic E-state index is 0.205. The summed E-state index contributed by atoms with van der Waals surface area (Å²) in [6, 6.07) is 12.9. The van der Waals surface area contributed by atoms with Gasteiger partial charge in [0.1, 0.15) is 10.8 Å². The van der Waals surface area contributed by atoms with Crippen LogP contribution in [0.4, 0.5) is 5.00 Å². The van der Waals surface area contributed by atoms with Crippen LogP contribution in [0.5, 0.6) is 5.75 Å². The van der Waals surface area contributed by atoms with Crippen molar-refractivity contribution in [3.63, 3.8) is 0 Å². The number of aryl methyl sites for hydroxylation is 1. The predicted molar refractivity (Wildman–Crippen MR) is 153 cm³/mol. The number of fused-ring (bicyclic) bond motifs is 1. The Kier molecular flexibility index (Phi) is 9.68. The van der Waals surface area contributed by atoms with Gasteiger partial charge in [-0.25, -0.2) is 15.0 Å². The molecule has 11 heteroatoms. The van der Waals surface area contributed by atoms with Gasteiger partial charge < -0.3 is 14.8 Å². The van der Waals surface area contributed by atoms with Crippen LogP contribution < -0.4 is 15.5 Å². The van der Waals surface area contributed by atoms with Crippen LogP contribution in [0.2, 0.25) is 5.02 Å². The second kappa shape index (κ2) is 13.4. The van der Waals surface area contributed by atoms with E-state index in [-0.39, 0.29) is 6.61 Å². The molecule has 0 atom stereocenters. The molecule has 0 spiro atoms. The van der Waals surface area contributed by atoms with Crippen molar-refractivity contribution in [2.24, 2.45) is 5.10 Å². The Labute approximate surface area is 240 Å². The van der Waals surface area contributed by atoms with Crippen molar-refractivity contribution in [2.75, 3.05) is 11.9 Å². The summed E-state index contributed by atoms with van der Waals surface area (Å²) in [5.41, 5.74) is 4.85. The maximum Gasteiger partial charge on any atom is 0.343 e. The lowest BCUT2D eigenvalue weighted by Crippen LogP contribution is -2.33. The molecule has 0 saturated heterocycles. The lowest BCUT2D eigenvalue weighted by Gasteiger charge is -2.08. The van der Waals surface area contributed by atoms with E-state index in [1.54, 1.807) is 56.3 Å². The van der Waals surface area contributed by atoms with E-state index in [1.807, 2.05) is 0 Å². The van der Waals surface area contributed by atoms with E-state index in [0.29, 0.717) is 38.2 Å². The third-order valence-corrected chi connectivity index (χ3v) is 7.64. The Morgan fingerprint density at radius 2 is 1.70 bits per heavy atom. The maximum atomic E-state index is 12.7. The number of hydrazone groups is 1. The van der Waals surface area contributed by atoms with Gasteiger partial charge in [0, 0.05) is 9.90 Å². The van der Waals surface area contributed by atoms with Crippen LogP contribution in [0.1, 0.15) is 69.8 Å². The molecule has 208 valence electrons. The second-order valence-electron chi connectivity index (χ2n) is 9.01. The molecule has 1 aliphatic rings. The molecule has 1 heterocycles. The van der Waals surface area contributed by atoms with Crippen molar-refractivity contribution in [2.45, 2.75) is 46.0 Å². The molecule has 2 amide bonds. The quantitative estimate of drug-likeness (QED) is 0.0942. The van der Waals surface area contributed by atoms with Gasteiger partial charge in [0.15, 0.2) is 0 Å². The van der Waals surface area contributed by atoms with Crippen LogP contribution in [-0.4, -0.2) is 36.1 Å². The molecule has 0 bridgehead atoms. The van der Waals surface area contributed by atoms with Gasteiger partial charge in [-0.15, -0.1) is 11.3 Å². The monoisotopic (exact) mass is 581 g/mol. The molecule has 1 aliphatic carbocycles. The fraction of sp³-hybridized carbons (Fsp3) is 0.276. The summed E-state index contributed by atoms with van der Waals surface area (Å²) in [7, 11) is 0. The molecule has 0 saturated carbocycles. The smallest absolute Gasteiger partial charge is 0.343 e. The topological polar surface area (TPSA) is 123 Å². The Hall–Kier alpha value is -4.02. The number of nitrogens with one attached hydrogen (secondary N) is 2. The lowest BCUT2D eigenvalue weighted by molar-refractivity contribution is -0.136. The Bertz CT molecular complexity index is 1460. The number of nitrogens with zero attached hydrogens (tertiary/aromatic N) is 1. The number of hydrogen-bond donors (Lipinski definition) is 2. The number of carbonyl (C=O) groups excluding carboxylic acids is 4. The minimum Gasteiger partial charge on any atom is -0.462 e. The summed E-state index contributed by atoms with van der Waals surface area (Å²) in [6.07, 6.45) is 4.56. The number of esters is 2. The van der Waals surface area contributed by atoms with E-state index in [2.05, 4.69) is 15.8 Å². The number of amides is 2. The number of hydrogen-bond acceptors (Lipinski definition) is 8. The second-order valence-corrected chi connectivity index (χ2v) is 10.5. The molecule has 1 aromatic heterocycles. The van der Waals surface area contributed by atoms with Gasteiger partial charge in [0.05, 0.1) is 23.4 Å². The van der Waals surface area contributed by atoms with Crippen molar-refractivity contribution in [1.82, 2.24) is 5.43 Å². The van der Waals surface area contributed by atoms with Crippen molar-refractivity contribution >= 4 is 57.4 Å². The molecular formula is C29H28ClN3O6S. The highest BCUT2D eigenvalue weighted by Crippen LogP contribution is 2.38. The van der Waals surface area contributed by atoms with Gasteiger partial charge in [0.25, 0.3) is 0 Å². The zero-order valence-corrected chi connectivity index (χ0v) is 23.6. The largest absolute Gasteiger partial charge is 0.462 e. The first-order chi connectivity index (χ1) is 19.3. The van der Waals surface area contributed by atoms with Crippen LogP contribution in [0.25, 0.3) is 0 Å². The molecule has 2 aromatic carbocycles. The van der Waals surface area contributed by atoms with Crippen LogP contribution >= 0.6 is 22.9 Å². The first kappa shape index (κ1) is 29.0. The van der Waals surface area contributed by atoms with Crippen molar-refractivity contribution < 1.29 is 28.7 Å². The summed E-state index contributed by atoms with van der Waals surface area (Å²) in [5.74, 6) is -2.66. The highest BCUT2D eigenvalue weighted by molar-refractivity contribution is 7.17. The zero-order valence-electron chi connectivity index (χ0n) is 22.0. The van der Waals surface area contributed by atoms with Crippen molar-refractivity contribution in [3.8, 4) is 5.75 Å². The van der Waals surface area contributed by atoms with Crippen LogP contribution in [-0.2, 0) is 27.2 Å². The molecule has 0 radical (unpaired) electrons. The van der Waals surface area contributed by atoms with Gasteiger partial charge >= 0.3 is 23.8 Å². The van der Waals surface area contributed by atoms with E-state index in [4.69, 9.17) is 21.1 Å². The van der Waals surface area contributed by atoms with E-state index in [9.17, 15) is 19.2 Å². The van der Waals surface area contributed by atoms with Crippen LogP contribution in [0.15, 0.2) is 53.6 Å². The van der Waals surface area contributed by atoms with E-state index in [0.717, 1.165) is 42.5 Å². The third-order valence-electron chi connectivity index (χ3n) is 6.20. The zero-order chi connectivity index (χ0) is 28.6. The fourth-order valence-electron chi connectivity index (χ4n) is 4.21. The Morgan fingerprint density at radius 3 is 2.42 bits per heavy atom. The number of rotatable bonds is 7. The van der Waals surface area contributed by atoms with E-state index < -0.39 is 23.8 Å². The number of benzene rings is 2. The van der Waals surface area contributed by atoms with Crippen LogP contribution in [0, 0.1) is 0 Å². The summed E-state index contributed by atoms with van der Waals surface area (Å²) < 4.78 is 10.6. The van der Waals surface area contributed by atoms with E-state index in [1.165, 1.54) is 17.4 Å². The number of anilines is 1. The predicted octanol–water partition coefficient (Wildman–Crippen LogP) is 5.55. The number of thiophene rings is 1. The summed E-state index contributed by atoms with van der Waals surface area (Å²) in [4.78, 5) is 51.2. The molecule has 3 aromatic rings. The number of carbonyl (C=O) groups is 4. The molecule has 4 rings (SSSR count). The first-order valence-corrected chi connectivity index (χ1v) is 14.0. The van der Waals surface area contributed by atoms with Gasteiger partial charge in [-0.2, -0.15) is 5.10 Å². The average molecular weight is 582 g/mol. The maximum absolute atomic E-state index is 12.7. The highest BCUT2D eigenvalue weighted by Gasteiger charge is 2.28. The molecular weight excluding hydrogens is 554 g/mol. The third kappa shape index (κ3) is 7.13. The lowest BCUT2D eigenvalue weighted by atomic mass is 10.1. The molecule has 0 fully saturated rings. The average Bonchev–Trinajstić information content (AvgIpc) is 3.11. The number of halogens is 1. The molecule has 2 N–H and O–H groups in total. The van der Waals surface area contributed by atoms with Crippen molar-refractivity contribution in [3.05, 3.63) is 80.7 Å². The SMILES string of the molecule is CCOC(=O)c1c(NC(=O)C(=O)N/N=C(\C)c2ccc(OC(=O)c3cccc(Cl)c3)cc2)sc2c1CCCCC2. The van der Waals surface area contributed by atoms with Crippen LogP contribution in [0.3, 0.4) is 0 Å². The van der Waals surface area contributed by atoms with Gasteiger partial charge in [-0.05, 0) is 93.1 Å². The molecule has 40 heavy (non-hydrogen) atoms. The molecule has 0 aliphatic heterocycles. The van der Waals surface area contributed by atoms with Gasteiger partial charge in [-0.1, -0.05) is 24.1 Å². The normalized spacial score (nSPS) is 13.0. The van der Waals surface area contributed by atoms with Crippen molar-refractivity contribution in [1.29, 1.82) is 0 Å². The van der Waals surface area contributed by atoms with E-state index >= 15 is 0 Å². The van der Waals surface area contributed by atoms with Gasteiger partial charge in [0.2, 0.25) is 0 Å². The number of ether oxygens (including phenoxy) is 2. The Balaban J connectivity index is 1.39. The fourth-order valence-corrected chi connectivity index (χ4v) is 5.67. The van der Waals surface area contributed by atoms with Gasteiger partial charge in [-0.3, -0.25) is 9.59 Å². The summed E-state index contributed by atoms with van der Waals surface area (Å²) in [5, 5.41) is 7.33. The summed E-state index contributed by atoms with van der Waals surface area (Å²) in [6.45, 7) is 3.58. The Morgan fingerprint density at radius 1 is 0.950 bits per heavy atom. The standard InChI is InChI=1S/C29H28ClN3O6S/c1-3-38-29(37)24-22-10-5-4-6-11-23(22)40-27(24)31-25(34)26(35)33-32-17(2)18-12-14-21(15-13-18)39-28(36)19-8-7-9-20(30)16-19/h7-9,12-16H,3-6,10-11H2,1-2H3,(H,31,34)(H,33,35)/b32-17+. The minimum atomic E-state index is -0.982. The molecule has 0 unspecified atom stereocenters. The summed E-state index contributed by atoms with van der Waals surface area (Å²) >= 11 is 7.23. The molecule has 9 nitrogen and oxygen atoms in total. The first-order valence-electron chi connectivity index (χ1n) is 12.8.